The maximum Gasteiger partial charge on any atom is 0.377 e. The highest BCUT2D eigenvalue weighted by atomic mass is 16.6. The Hall–Kier alpha value is -2.36. The lowest BCUT2D eigenvalue weighted by Crippen LogP contribution is -2.03. The molecule has 4 nitrogen and oxygen atoms in total. The molecule has 0 bridgehead atoms. The molecule has 0 fully saturated rings. The van der Waals surface area contributed by atoms with Crippen molar-refractivity contribution in [2.45, 2.75) is 6.92 Å². The molecule has 0 saturated carbocycles. The molecule has 0 aliphatic heterocycles. The number of ether oxygens (including phenoxy) is 1. The fraction of sp³-hybridized carbons (Fsp3) is 0.143. The number of benzene rings is 2. The summed E-state index contributed by atoms with van der Waals surface area (Å²) in [4.78, 5) is 11.7. The first kappa shape index (κ1) is 10.8. The first-order valence-electron chi connectivity index (χ1n) is 5.75. The van der Waals surface area contributed by atoms with Crippen LogP contribution < -0.4 is 0 Å². The Bertz CT molecular complexity index is 730. The van der Waals surface area contributed by atoms with Gasteiger partial charge in [-0.2, -0.15) is 0 Å². The molecule has 2 aromatic carbocycles. The first-order chi connectivity index (χ1) is 8.81. The van der Waals surface area contributed by atoms with Gasteiger partial charge in [-0.25, -0.2) is 4.79 Å². The van der Waals surface area contributed by atoms with E-state index in [0.29, 0.717) is 17.5 Å². The average Bonchev–Trinajstić information content (AvgIpc) is 2.83. The fourth-order valence-electron chi connectivity index (χ4n) is 2.02. The summed E-state index contributed by atoms with van der Waals surface area (Å²) >= 11 is 0. The van der Waals surface area contributed by atoms with E-state index < -0.39 is 5.97 Å². The van der Waals surface area contributed by atoms with Crippen molar-refractivity contribution in [2.24, 2.45) is 0 Å². The summed E-state index contributed by atoms with van der Waals surface area (Å²) in [6.45, 7) is 2.07. The van der Waals surface area contributed by atoms with Gasteiger partial charge < -0.3 is 9.26 Å². The van der Waals surface area contributed by atoms with Crippen molar-refractivity contribution in [3.05, 3.63) is 42.2 Å². The summed E-state index contributed by atoms with van der Waals surface area (Å²) < 4.78 is 10.0. The molecule has 3 aromatic rings. The van der Waals surface area contributed by atoms with E-state index in [1.54, 1.807) is 6.92 Å². The van der Waals surface area contributed by atoms with Gasteiger partial charge in [-0.3, -0.25) is 0 Å². The molecule has 0 amide bonds. The topological polar surface area (TPSA) is 52.3 Å². The summed E-state index contributed by atoms with van der Waals surface area (Å²) in [5.41, 5.74) is 0.691. The van der Waals surface area contributed by atoms with Crippen LogP contribution in [-0.2, 0) is 4.74 Å². The largest absolute Gasteiger partial charge is 0.460 e. The van der Waals surface area contributed by atoms with E-state index in [1.165, 1.54) is 0 Å². The van der Waals surface area contributed by atoms with E-state index >= 15 is 0 Å². The molecule has 0 saturated heterocycles. The molecule has 0 aliphatic rings. The molecule has 3 rings (SSSR count). The molecule has 0 aliphatic carbocycles. The van der Waals surface area contributed by atoms with Crippen LogP contribution in [0, 0.1) is 0 Å². The van der Waals surface area contributed by atoms with Crippen LogP contribution in [0.3, 0.4) is 0 Å². The van der Waals surface area contributed by atoms with Crippen LogP contribution in [-0.4, -0.2) is 17.7 Å². The van der Waals surface area contributed by atoms with E-state index in [2.05, 4.69) is 5.16 Å². The summed E-state index contributed by atoms with van der Waals surface area (Å²) in [7, 11) is 0. The number of carbonyl (C=O) groups excluding carboxylic acids is 1. The number of aromatic nitrogens is 1. The molecule has 0 unspecified atom stereocenters. The number of nitrogens with zero attached hydrogens (tertiary/aromatic N) is 1. The van der Waals surface area contributed by atoms with Gasteiger partial charge in [-0.1, -0.05) is 35.5 Å². The zero-order valence-electron chi connectivity index (χ0n) is 9.84. The Balaban J connectivity index is 2.26. The molecule has 1 aromatic heterocycles. The molecule has 0 atom stereocenters. The number of rotatable bonds is 2. The fourth-order valence-corrected chi connectivity index (χ4v) is 2.02. The second-order valence-corrected chi connectivity index (χ2v) is 3.92. The second kappa shape index (κ2) is 4.14. The lowest BCUT2D eigenvalue weighted by Gasteiger charge is -1.98. The Morgan fingerprint density at radius 3 is 2.89 bits per heavy atom. The van der Waals surface area contributed by atoms with Gasteiger partial charge in [0.25, 0.3) is 5.76 Å². The first-order valence-corrected chi connectivity index (χ1v) is 5.75. The van der Waals surface area contributed by atoms with Crippen LogP contribution in [0.15, 0.2) is 40.9 Å². The zero-order valence-corrected chi connectivity index (χ0v) is 9.84. The molecule has 18 heavy (non-hydrogen) atoms. The molecule has 0 spiro atoms. The quantitative estimate of drug-likeness (QED) is 0.647. The SMILES string of the molecule is CCOC(=O)c1onc2c1ccc1ccccc12. The highest BCUT2D eigenvalue weighted by Gasteiger charge is 2.18. The minimum Gasteiger partial charge on any atom is -0.460 e. The molecule has 1 heterocycles. The maximum atomic E-state index is 11.7. The van der Waals surface area contributed by atoms with Gasteiger partial charge >= 0.3 is 5.97 Å². The van der Waals surface area contributed by atoms with Crippen molar-refractivity contribution in [3.63, 3.8) is 0 Å². The molecule has 0 N–H and O–H groups in total. The van der Waals surface area contributed by atoms with Crippen LogP contribution in [0.1, 0.15) is 17.5 Å². The van der Waals surface area contributed by atoms with Crippen molar-refractivity contribution >= 4 is 27.6 Å². The molecular formula is C14H11NO3. The van der Waals surface area contributed by atoms with E-state index in [9.17, 15) is 4.79 Å². The third-order valence-corrected chi connectivity index (χ3v) is 2.83. The number of carbonyl (C=O) groups is 1. The van der Waals surface area contributed by atoms with Crippen LogP contribution >= 0.6 is 0 Å². The molecule has 90 valence electrons. The predicted molar refractivity (Wildman–Crippen MR) is 67.5 cm³/mol. The Morgan fingerprint density at radius 1 is 1.22 bits per heavy atom. The van der Waals surface area contributed by atoms with E-state index in [1.807, 2.05) is 36.4 Å². The lowest BCUT2D eigenvalue weighted by molar-refractivity contribution is 0.0483. The second-order valence-electron chi connectivity index (χ2n) is 3.92. The van der Waals surface area contributed by atoms with Crippen molar-refractivity contribution < 1.29 is 14.1 Å². The summed E-state index contributed by atoms with van der Waals surface area (Å²) in [5, 5.41) is 6.69. The number of hydrogen-bond acceptors (Lipinski definition) is 4. The van der Waals surface area contributed by atoms with Crippen molar-refractivity contribution in [2.75, 3.05) is 6.61 Å². The number of hydrogen-bond donors (Lipinski definition) is 0. The van der Waals surface area contributed by atoms with Crippen LogP contribution in [0.5, 0.6) is 0 Å². The van der Waals surface area contributed by atoms with Crippen LogP contribution in [0.2, 0.25) is 0 Å². The Kier molecular flexibility index (Phi) is 2.48. The smallest absolute Gasteiger partial charge is 0.377 e. The third-order valence-electron chi connectivity index (χ3n) is 2.83. The summed E-state index contributed by atoms with van der Waals surface area (Å²) in [5.74, 6) is -0.312. The third kappa shape index (κ3) is 1.54. The number of esters is 1. The van der Waals surface area contributed by atoms with Crippen molar-refractivity contribution in [1.82, 2.24) is 5.16 Å². The number of fused-ring (bicyclic) bond motifs is 3. The monoisotopic (exact) mass is 241 g/mol. The van der Waals surface area contributed by atoms with E-state index in [0.717, 1.165) is 10.8 Å². The highest BCUT2D eigenvalue weighted by molar-refractivity contribution is 6.11. The van der Waals surface area contributed by atoms with Gasteiger partial charge in [0.2, 0.25) is 0 Å². The van der Waals surface area contributed by atoms with Crippen LogP contribution in [0.25, 0.3) is 21.7 Å². The van der Waals surface area contributed by atoms with Gasteiger partial charge in [0.05, 0.1) is 12.0 Å². The molecular weight excluding hydrogens is 230 g/mol. The average molecular weight is 241 g/mol. The molecule has 4 heteroatoms. The van der Waals surface area contributed by atoms with Gasteiger partial charge in [0.15, 0.2) is 0 Å². The Morgan fingerprint density at radius 2 is 2.06 bits per heavy atom. The summed E-state index contributed by atoms with van der Waals surface area (Å²) in [6.07, 6.45) is 0. The Labute approximate surface area is 103 Å². The summed E-state index contributed by atoms with van der Waals surface area (Å²) in [6, 6.07) is 11.6. The van der Waals surface area contributed by atoms with Gasteiger partial charge in [-0.15, -0.1) is 0 Å². The maximum absolute atomic E-state index is 11.7. The lowest BCUT2D eigenvalue weighted by atomic mass is 10.1. The standard InChI is InChI=1S/C14H11NO3/c1-2-17-14(16)13-11-8-7-9-5-3-4-6-10(9)12(11)15-18-13/h3-8H,2H2,1H3. The zero-order chi connectivity index (χ0) is 12.5. The highest BCUT2D eigenvalue weighted by Crippen LogP contribution is 2.27. The predicted octanol–water partition coefficient (Wildman–Crippen LogP) is 3.16. The van der Waals surface area contributed by atoms with Gasteiger partial charge in [-0.05, 0) is 18.4 Å². The van der Waals surface area contributed by atoms with Crippen LogP contribution in [0.4, 0.5) is 0 Å². The van der Waals surface area contributed by atoms with E-state index in [-0.39, 0.29) is 5.76 Å². The molecule has 0 radical (unpaired) electrons. The van der Waals surface area contributed by atoms with Gasteiger partial charge in [0, 0.05) is 5.39 Å². The van der Waals surface area contributed by atoms with Gasteiger partial charge in [0.1, 0.15) is 5.52 Å². The normalized spacial score (nSPS) is 10.9. The minimum absolute atomic E-state index is 0.164. The van der Waals surface area contributed by atoms with Crippen molar-refractivity contribution in [3.8, 4) is 0 Å². The van der Waals surface area contributed by atoms with E-state index in [4.69, 9.17) is 9.26 Å². The minimum atomic E-state index is -0.477. The van der Waals surface area contributed by atoms with Crippen molar-refractivity contribution in [1.29, 1.82) is 0 Å².